The Bertz CT molecular complexity index is 637. The van der Waals surface area contributed by atoms with E-state index >= 15 is 0 Å². The van der Waals surface area contributed by atoms with Crippen molar-refractivity contribution in [1.29, 1.82) is 0 Å². The Labute approximate surface area is 175 Å². The molecule has 0 aromatic carbocycles. The van der Waals surface area contributed by atoms with E-state index < -0.39 is 50.8 Å². The average Bonchev–Trinajstić information content (AvgIpc) is 3.09. The highest BCUT2D eigenvalue weighted by Gasteiger charge is 2.58. The molecule has 29 heavy (non-hydrogen) atoms. The van der Waals surface area contributed by atoms with E-state index in [0.29, 0.717) is 5.57 Å². The van der Waals surface area contributed by atoms with Gasteiger partial charge in [0.15, 0.2) is 26.5 Å². The van der Waals surface area contributed by atoms with E-state index in [4.69, 9.17) is 28.1 Å². The standard InChI is InChI=1S/C21H36O7Si/c1-11-14(22)25-15(13(2)12-24-29(9,10)20(3,4)5)16-17-18(19(23-8)26-16)28-21(6,7)27-17/h11,15-19H,1-2,12H2,3-10H3/t15-,16+,17-,18-,19-/m0/s1. The smallest absolute Gasteiger partial charge is 0.330 e. The summed E-state index contributed by atoms with van der Waals surface area (Å²) in [4.78, 5) is 12.0. The Balaban J connectivity index is 2.22. The Morgan fingerprint density at radius 2 is 1.83 bits per heavy atom. The van der Waals surface area contributed by atoms with E-state index in [2.05, 4.69) is 47.0 Å². The summed E-state index contributed by atoms with van der Waals surface area (Å²) < 4.78 is 35.3. The van der Waals surface area contributed by atoms with Crippen molar-refractivity contribution >= 4 is 14.3 Å². The molecule has 0 radical (unpaired) electrons. The lowest BCUT2D eigenvalue weighted by Crippen LogP contribution is -2.45. The minimum atomic E-state index is -2.01. The van der Waals surface area contributed by atoms with E-state index in [1.807, 2.05) is 13.8 Å². The molecule has 0 saturated carbocycles. The van der Waals surface area contributed by atoms with E-state index in [-0.39, 0.29) is 11.6 Å². The van der Waals surface area contributed by atoms with Crippen molar-refractivity contribution < 1.29 is 32.9 Å². The van der Waals surface area contributed by atoms with Crippen LogP contribution in [0.4, 0.5) is 0 Å². The van der Waals surface area contributed by atoms with Gasteiger partial charge in [-0.1, -0.05) is 33.9 Å². The highest BCUT2D eigenvalue weighted by molar-refractivity contribution is 6.74. The van der Waals surface area contributed by atoms with Gasteiger partial charge in [-0.05, 0) is 37.6 Å². The lowest BCUT2D eigenvalue weighted by atomic mass is 10.0. The van der Waals surface area contributed by atoms with Crippen molar-refractivity contribution in [2.75, 3.05) is 13.7 Å². The van der Waals surface area contributed by atoms with Crippen LogP contribution in [0.5, 0.6) is 0 Å². The molecule has 2 aliphatic heterocycles. The molecule has 2 saturated heterocycles. The minimum Gasteiger partial charge on any atom is -0.452 e. The van der Waals surface area contributed by atoms with Gasteiger partial charge in [-0.2, -0.15) is 0 Å². The SMILES string of the molecule is C=CC(=O)O[C@@H](C(=C)CO[Si](C)(C)C(C)(C)C)[C@H]1O[C@H](OC)[C@H]2OC(C)(C)O[C@H]21. The summed E-state index contributed by atoms with van der Waals surface area (Å²) in [6, 6.07) is 0. The van der Waals surface area contributed by atoms with Crippen molar-refractivity contribution in [2.45, 2.75) is 89.2 Å². The van der Waals surface area contributed by atoms with Crippen molar-refractivity contribution in [3.8, 4) is 0 Å². The predicted octanol–water partition coefficient (Wildman–Crippen LogP) is 3.55. The molecular formula is C21H36O7Si. The molecule has 0 aromatic heterocycles. The number of carbonyl (C=O) groups is 1. The van der Waals surface area contributed by atoms with E-state index in [9.17, 15) is 4.79 Å². The van der Waals surface area contributed by atoms with Crippen molar-refractivity contribution in [3.05, 3.63) is 24.8 Å². The largest absolute Gasteiger partial charge is 0.452 e. The highest BCUT2D eigenvalue weighted by atomic mass is 28.4. The Morgan fingerprint density at radius 3 is 2.34 bits per heavy atom. The van der Waals surface area contributed by atoms with Crippen LogP contribution in [0.2, 0.25) is 18.1 Å². The zero-order valence-electron chi connectivity index (χ0n) is 18.9. The second-order valence-electron chi connectivity index (χ2n) is 9.54. The Kier molecular flexibility index (Phi) is 7.19. The topological polar surface area (TPSA) is 72.5 Å². The fourth-order valence-corrected chi connectivity index (χ4v) is 4.13. The molecule has 2 fully saturated rings. The number of carbonyl (C=O) groups excluding carboxylic acids is 1. The number of rotatable bonds is 8. The first kappa shape index (κ1) is 24.2. The van der Waals surface area contributed by atoms with Gasteiger partial charge < -0.3 is 28.1 Å². The van der Waals surface area contributed by atoms with Gasteiger partial charge in [-0.3, -0.25) is 0 Å². The van der Waals surface area contributed by atoms with Crippen LogP contribution in [-0.2, 0) is 32.9 Å². The first-order valence-electron chi connectivity index (χ1n) is 9.91. The molecule has 2 aliphatic rings. The van der Waals surface area contributed by atoms with Gasteiger partial charge in [0.25, 0.3) is 0 Å². The normalized spacial score (nSPS) is 29.9. The third kappa shape index (κ3) is 5.37. The van der Waals surface area contributed by atoms with Crippen molar-refractivity contribution in [2.24, 2.45) is 0 Å². The van der Waals surface area contributed by atoms with Gasteiger partial charge in [-0.25, -0.2) is 4.79 Å². The van der Waals surface area contributed by atoms with Crippen LogP contribution < -0.4 is 0 Å². The average molecular weight is 429 g/mol. The fourth-order valence-electron chi connectivity index (χ4n) is 3.15. The number of esters is 1. The molecule has 0 aromatic rings. The summed E-state index contributed by atoms with van der Waals surface area (Å²) in [5.41, 5.74) is 0.596. The highest BCUT2D eigenvalue weighted by Crippen LogP contribution is 2.42. The zero-order chi connectivity index (χ0) is 22.2. The molecule has 2 heterocycles. The quantitative estimate of drug-likeness (QED) is 0.253. The summed E-state index contributed by atoms with van der Waals surface area (Å²) in [5, 5.41) is 0.0447. The summed E-state index contributed by atoms with van der Waals surface area (Å²) in [6.45, 7) is 22.3. The molecule has 5 atom stereocenters. The molecule has 8 heteroatoms. The lowest BCUT2D eigenvalue weighted by molar-refractivity contribution is -0.236. The van der Waals surface area contributed by atoms with Crippen LogP contribution in [-0.4, -0.2) is 64.5 Å². The van der Waals surface area contributed by atoms with Crippen LogP contribution in [0.3, 0.4) is 0 Å². The van der Waals surface area contributed by atoms with Crippen LogP contribution >= 0.6 is 0 Å². The summed E-state index contributed by atoms with van der Waals surface area (Å²) in [5.74, 6) is -1.36. The molecule has 0 N–H and O–H groups in total. The molecule has 0 spiro atoms. The lowest BCUT2D eigenvalue weighted by Gasteiger charge is -2.37. The number of hydrogen-bond acceptors (Lipinski definition) is 7. The number of ether oxygens (including phenoxy) is 5. The van der Waals surface area contributed by atoms with Gasteiger partial charge >= 0.3 is 5.97 Å². The predicted molar refractivity (Wildman–Crippen MR) is 112 cm³/mol. The summed E-state index contributed by atoms with van der Waals surface area (Å²) in [6.07, 6.45) is -1.83. The molecule has 0 amide bonds. The molecular weight excluding hydrogens is 392 g/mol. The maximum absolute atomic E-state index is 12.0. The van der Waals surface area contributed by atoms with Crippen LogP contribution in [0.15, 0.2) is 24.8 Å². The van der Waals surface area contributed by atoms with Gasteiger partial charge in [-0.15, -0.1) is 0 Å². The molecule has 7 nitrogen and oxygen atoms in total. The van der Waals surface area contributed by atoms with Gasteiger partial charge in [0.05, 0.1) is 6.61 Å². The summed E-state index contributed by atoms with van der Waals surface area (Å²) >= 11 is 0. The minimum absolute atomic E-state index is 0.0447. The Morgan fingerprint density at radius 1 is 1.24 bits per heavy atom. The zero-order valence-corrected chi connectivity index (χ0v) is 19.9. The molecule has 166 valence electrons. The van der Waals surface area contributed by atoms with Gasteiger partial charge in [0.1, 0.15) is 18.3 Å². The van der Waals surface area contributed by atoms with Crippen molar-refractivity contribution in [1.82, 2.24) is 0 Å². The monoisotopic (exact) mass is 428 g/mol. The molecule has 0 unspecified atom stereocenters. The van der Waals surface area contributed by atoms with Crippen LogP contribution in [0.1, 0.15) is 34.6 Å². The second-order valence-corrected chi connectivity index (χ2v) is 14.3. The molecule has 2 rings (SSSR count). The van der Waals surface area contributed by atoms with Gasteiger partial charge in [0.2, 0.25) is 0 Å². The first-order chi connectivity index (χ1) is 13.2. The number of methoxy groups -OCH3 is 1. The first-order valence-corrected chi connectivity index (χ1v) is 12.8. The van der Waals surface area contributed by atoms with Crippen LogP contribution in [0.25, 0.3) is 0 Å². The van der Waals surface area contributed by atoms with E-state index in [1.54, 1.807) is 7.11 Å². The Hall–Kier alpha value is -1.03. The number of hydrogen-bond donors (Lipinski definition) is 0. The van der Waals surface area contributed by atoms with E-state index in [1.165, 1.54) is 0 Å². The fraction of sp³-hybridized carbons (Fsp3) is 0.762. The second kappa shape index (κ2) is 8.61. The van der Waals surface area contributed by atoms with Crippen LogP contribution in [0, 0.1) is 0 Å². The maximum atomic E-state index is 12.0. The maximum Gasteiger partial charge on any atom is 0.330 e. The summed E-state index contributed by atoms with van der Waals surface area (Å²) in [7, 11) is -0.474. The third-order valence-electron chi connectivity index (χ3n) is 5.81. The third-order valence-corrected chi connectivity index (χ3v) is 10.3. The molecule has 0 bridgehead atoms. The van der Waals surface area contributed by atoms with E-state index in [0.717, 1.165) is 6.08 Å². The van der Waals surface area contributed by atoms with Gasteiger partial charge in [0, 0.05) is 13.2 Å². The van der Waals surface area contributed by atoms with Crippen molar-refractivity contribution in [3.63, 3.8) is 0 Å². The number of fused-ring (bicyclic) bond motifs is 1. The molecule has 0 aliphatic carbocycles.